The molecule has 178 valence electrons. The lowest BCUT2D eigenvalue weighted by molar-refractivity contribution is -0.133. The Labute approximate surface area is 204 Å². The van der Waals surface area contributed by atoms with E-state index in [1.165, 1.54) is 18.2 Å². The number of nitrogens with zero attached hydrogens (tertiary/aromatic N) is 2. The second-order valence-electron chi connectivity index (χ2n) is 7.73. The van der Waals surface area contributed by atoms with Crippen LogP contribution in [0.2, 0.25) is 5.02 Å². The molecular formula is C26H28ClN3O4. The van der Waals surface area contributed by atoms with E-state index in [2.05, 4.69) is 10.5 Å². The lowest BCUT2D eigenvalue weighted by Gasteiger charge is -2.21. The van der Waals surface area contributed by atoms with Crippen molar-refractivity contribution in [3.63, 3.8) is 0 Å². The molecule has 3 aromatic carbocycles. The van der Waals surface area contributed by atoms with Crippen molar-refractivity contribution in [2.45, 2.75) is 26.7 Å². The fourth-order valence-electron chi connectivity index (χ4n) is 3.54. The molecule has 8 heteroatoms. The van der Waals surface area contributed by atoms with Crippen LogP contribution in [0.1, 0.15) is 42.6 Å². The van der Waals surface area contributed by atoms with Crippen LogP contribution in [0.5, 0.6) is 11.5 Å². The van der Waals surface area contributed by atoms with Gasteiger partial charge in [0.05, 0.1) is 11.2 Å². The van der Waals surface area contributed by atoms with Crippen molar-refractivity contribution in [2.75, 3.05) is 19.7 Å². The SMILES string of the molecule is CCCN(CCC)C(=O)COc1ccc(/C=N\NC(=O)c2ccc(O)c(Cl)c2)c2ccccc12. The van der Waals surface area contributed by atoms with Gasteiger partial charge in [-0.3, -0.25) is 9.59 Å². The minimum atomic E-state index is -0.454. The molecule has 0 aromatic heterocycles. The van der Waals surface area contributed by atoms with Crippen LogP contribution in [0, 0.1) is 0 Å². The molecule has 0 saturated carbocycles. The first kappa shape index (κ1) is 25.1. The van der Waals surface area contributed by atoms with E-state index >= 15 is 0 Å². The first-order valence-electron chi connectivity index (χ1n) is 11.2. The number of hydrogen-bond acceptors (Lipinski definition) is 5. The van der Waals surface area contributed by atoms with Gasteiger partial charge in [0, 0.05) is 29.6 Å². The Morgan fingerprint density at radius 2 is 1.76 bits per heavy atom. The minimum Gasteiger partial charge on any atom is -0.506 e. The van der Waals surface area contributed by atoms with E-state index in [0.29, 0.717) is 18.8 Å². The minimum absolute atomic E-state index is 0.0251. The average Bonchev–Trinajstić information content (AvgIpc) is 2.84. The van der Waals surface area contributed by atoms with Crippen LogP contribution >= 0.6 is 11.6 Å². The molecule has 3 aromatic rings. The molecule has 0 aliphatic heterocycles. The van der Waals surface area contributed by atoms with E-state index in [1.807, 2.05) is 49.1 Å². The van der Waals surface area contributed by atoms with Crippen LogP contribution in [0.25, 0.3) is 10.8 Å². The number of ether oxygens (including phenoxy) is 1. The van der Waals surface area contributed by atoms with Gasteiger partial charge in [0.2, 0.25) is 0 Å². The Balaban J connectivity index is 1.73. The fraction of sp³-hybridized carbons (Fsp3) is 0.269. The summed E-state index contributed by atoms with van der Waals surface area (Å²) in [7, 11) is 0. The topological polar surface area (TPSA) is 91.2 Å². The van der Waals surface area contributed by atoms with E-state index in [0.717, 1.165) is 29.2 Å². The average molecular weight is 482 g/mol. The first-order chi connectivity index (χ1) is 16.4. The van der Waals surface area contributed by atoms with Gasteiger partial charge in [-0.15, -0.1) is 0 Å². The lowest BCUT2D eigenvalue weighted by Crippen LogP contribution is -2.36. The summed E-state index contributed by atoms with van der Waals surface area (Å²) in [6.07, 6.45) is 3.35. The number of amides is 2. The predicted molar refractivity (Wildman–Crippen MR) is 135 cm³/mol. The Bertz CT molecular complexity index is 1190. The number of benzene rings is 3. The third-order valence-electron chi connectivity index (χ3n) is 5.19. The van der Waals surface area contributed by atoms with Crippen molar-refractivity contribution in [3.8, 4) is 11.5 Å². The molecule has 0 radical (unpaired) electrons. The van der Waals surface area contributed by atoms with Gasteiger partial charge in [0.15, 0.2) is 6.61 Å². The summed E-state index contributed by atoms with van der Waals surface area (Å²) in [5.74, 6) is 0.0255. The quantitative estimate of drug-likeness (QED) is 0.315. The van der Waals surface area contributed by atoms with Gasteiger partial charge in [-0.05, 0) is 48.6 Å². The van der Waals surface area contributed by atoms with Crippen LogP contribution in [0.3, 0.4) is 0 Å². The van der Waals surface area contributed by atoms with Crippen molar-refractivity contribution in [1.29, 1.82) is 0 Å². The molecule has 0 aliphatic rings. The van der Waals surface area contributed by atoms with E-state index in [-0.39, 0.29) is 28.8 Å². The monoisotopic (exact) mass is 481 g/mol. The number of phenols is 1. The molecule has 0 bridgehead atoms. The molecule has 0 atom stereocenters. The summed E-state index contributed by atoms with van der Waals surface area (Å²) in [5.41, 5.74) is 3.51. The van der Waals surface area contributed by atoms with Crippen LogP contribution in [0.15, 0.2) is 59.7 Å². The van der Waals surface area contributed by atoms with Crippen LogP contribution in [0.4, 0.5) is 0 Å². The third-order valence-corrected chi connectivity index (χ3v) is 5.49. The standard InChI is InChI=1S/C26H28ClN3O4/c1-3-13-30(14-4-2)25(32)17-34-24-12-10-19(20-7-5-6-8-21(20)24)16-28-29-26(33)18-9-11-23(31)22(27)15-18/h5-12,15-16,31H,3-4,13-14,17H2,1-2H3,(H,29,33)/b28-16-. The summed E-state index contributed by atoms with van der Waals surface area (Å²) >= 11 is 5.86. The molecule has 0 aliphatic carbocycles. The summed E-state index contributed by atoms with van der Waals surface area (Å²) in [6, 6.07) is 15.4. The van der Waals surface area contributed by atoms with Crippen molar-refractivity contribution in [2.24, 2.45) is 5.10 Å². The largest absolute Gasteiger partial charge is 0.506 e. The van der Waals surface area contributed by atoms with Gasteiger partial charge in [0.1, 0.15) is 11.5 Å². The molecule has 0 heterocycles. The van der Waals surface area contributed by atoms with Crippen LogP contribution < -0.4 is 10.2 Å². The number of aromatic hydroxyl groups is 1. The summed E-state index contributed by atoms with van der Waals surface area (Å²) in [5, 5.41) is 15.3. The molecule has 0 fully saturated rings. The number of carbonyl (C=O) groups excluding carboxylic acids is 2. The van der Waals surface area contributed by atoms with Crippen molar-refractivity contribution in [3.05, 3.63) is 70.7 Å². The second kappa shape index (κ2) is 12.0. The summed E-state index contributed by atoms with van der Waals surface area (Å²) in [4.78, 5) is 26.7. The maximum atomic E-state index is 12.6. The number of fused-ring (bicyclic) bond motifs is 1. The fourth-order valence-corrected chi connectivity index (χ4v) is 3.72. The van der Waals surface area contributed by atoms with E-state index in [9.17, 15) is 14.7 Å². The molecule has 2 N–H and O–H groups in total. The smallest absolute Gasteiger partial charge is 0.271 e. The highest BCUT2D eigenvalue weighted by Crippen LogP contribution is 2.28. The third kappa shape index (κ3) is 6.26. The molecule has 3 rings (SSSR count). The summed E-state index contributed by atoms with van der Waals surface area (Å²) in [6.45, 7) is 5.50. The number of carbonyl (C=O) groups is 2. The second-order valence-corrected chi connectivity index (χ2v) is 8.14. The molecule has 0 unspecified atom stereocenters. The van der Waals surface area contributed by atoms with Crippen molar-refractivity contribution >= 4 is 40.4 Å². The number of halogens is 1. The summed E-state index contributed by atoms with van der Waals surface area (Å²) < 4.78 is 5.89. The van der Waals surface area contributed by atoms with E-state index in [1.54, 1.807) is 12.3 Å². The zero-order valence-electron chi connectivity index (χ0n) is 19.3. The lowest BCUT2D eigenvalue weighted by atomic mass is 10.0. The maximum Gasteiger partial charge on any atom is 0.271 e. The highest BCUT2D eigenvalue weighted by molar-refractivity contribution is 6.32. The molecule has 34 heavy (non-hydrogen) atoms. The van der Waals surface area contributed by atoms with Gasteiger partial charge in [-0.2, -0.15) is 5.10 Å². The van der Waals surface area contributed by atoms with Crippen LogP contribution in [-0.4, -0.2) is 47.7 Å². The number of nitrogens with one attached hydrogen (secondary N) is 1. The van der Waals surface area contributed by atoms with Crippen molar-refractivity contribution in [1.82, 2.24) is 10.3 Å². The Morgan fingerprint density at radius 3 is 2.44 bits per heavy atom. The zero-order chi connectivity index (χ0) is 24.5. The molecule has 0 saturated heterocycles. The normalized spacial score (nSPS) is 11.0. The highest BCUT2D eigenvalue weighted by Gasteiger charge is 2.14. The van der Waals surface area contributed by atoms with Gasteiger partial charge in [-0.25, -0.2) is 5.43 Å². The molecule has 2 amide bonds. The first-order valence-corrected chi connectivity index (χ1v) is 11.6. The number of phenolic OH excluding ortho intramolecular Hbond substituents is 1. The molecule has 0 spiro atoms. The molecule has 7 nitrogen and oxygen atoms in total. The predicted octanol–water partition coefficient (Wildman–Crippen LogP) is 4.99. The van der Waals surface area contributed by atoms with Gasteiger partial charge in [0.25, 0.3) is 11.8 Å². The Hall–Kier alpha value is -3.58. The highest BCUT2D eigenvalue weighted by atomic mass is 35.5. The van der Waals surface area contributed by atoms with E-state index < -0.39 is 5.91 Å². The van der Waals surface area contributed by atoms with Crippen molar-refractivity contribution < 1.29 is 19.4 Å². The van der Waals surface area contributed by atoms with E-state index in [4.69, 9.17) is 16.3 Å². The molecular weight excluding hydrogens is 454 g/mol. The number of hydrazone groups is 1. The van der Waals surface area contributed by atoms with Gasteiger partial charge in [-0.1, -0.05) is 49.7 Å². The zero-order valence-corrected chi connectivity index (χ0v) is 20.0. The van der Waals surface area contributed by atoms with Gasteiger partial charge >= 0.3 is 0 Å². The Morgan fingerprint density at radius 1 is 1.06 bits per heavy atom. The number of hydrogen-bond donors (Lipinski definition) is 2. The van der Waals surface area contributed by atoms with Crippen LogP contribution in [-0.2, 0) is 4.79 Å². The number of rotatable bonds is 10. The maximum absolute atomic E-state index is 12.6. The van der Waals surface area contributed by atoms with Gasteiger partial charge < -0.3 is 14.7 Å². The Kier molecular flexibility index (Phi) is 8.87.